The maximum atomic E-state index is 4.81. The van der Waals surface area contributed by atoms with Gasteiger partial charge in [-0.2, -0.15) is 0 Å². The van der Waals surface area contributed by atoms with Gasteiger partial charge in [-0.15, -0.1) is 0 Å². The molecule has 0 aliphatic heterocycles. The molecule has 1 saturated carbocycles. The average molecular weight is 432 g/mol. The Labute approximate surface area is 145 Å². The van der Waals surface area contributed by atoms with Gasteiger partial charge in [0.1, 0.15) is 0 Å². The molecule has 2 aromatic rings. The zero-order valence-electron chi connectivity index (χ0n) is 11.7. The Kier molecular flexibility index (Phi) is 8.31. The first kappa shape index (κ1) is 17.5. The van der Waals surface area contributed by atoms with Gasteiger partial charge in [0.15, 0.2) is 0 Å². The maximum Gasteiger partial charge on any atom is -0.0129 e. The first-order valence-corrected chi connectivity index (χ1v) is 12.5. The molecular formula is C17H19Cl2PPd. The molecule has 21 heavy (non-hydrogen) atoms. The summed E-state index contributed by atoms with van der Waals surface area (Å²) >= 11 is -0.106. The van der Waals surface area contributed by atoms with Crippen LogP contribution in [0.2, 0.25) is 0 Å². The van der Waals surface area contributed by atoms with Gasteiger partial charge in [0.2, 0.25) is 0 Å². The molecule has 1 fully saturated rings. The Bertz CT molecular complexity index is 461. The summed E-state index contributed by atoms with van der Waals surface area (Å²) in [5.74, 6) is 0. The molecule has 0 atom stereocenters. The third-order valence-electron chi connectivity index (χ3n) is 3.76. The van der Waals surface area contributed by atoms with Crippen LogP contribution in [0, 0.1) is 0 Å². The van der Waals surface area contributed by atoms with Crippen LogP contribution >= 0.6 is 27.0 Å². The van der Waals surface area contributed by atoms with Crippen LogP contribution in [-0.2, 0) is 15.9 Å². The van der Waals surface area contributed by atoms with Gasteiger partial charge in [-0.05, 0) is 37.0 Å². The normalized spacial score (nSPS) is 15.0. The van der Waals surface area contributed by atoms with Crippen LogP contribution in [-0.4, -0.2) is 5.66 Å². The molecule has 1 aliphatic carbocycles. The van der Waals surface area contributed by atoms with Crippen LogP contribution in [0.15, 0.2) is 60.7 Å². The summed E-state index contributed by atoms with van der Waals surface area (Å²) in [5.41, 5.74) is 0.893. The summed E-state index contributed by atoms with van der Waals surface area (Å²) in [7, 11) is 9.48. The van der Waals surface area contributed by atoms with Crippen molar-refractivity contribution in [2.45, 2.75) is 31.3 Å². The molecule has 2 aromatic carbocycles. The van der Waals surface area contributed by atoms with Crippen LogP contribution in [0.3, 0.4) is 0 Å². The van der Waals surface area contributed by atoms with Crippen molar-refractivity contribution in [2.75, 3.05) is 0 Å². The number of hydrogen-bond donors (Lipinski definition) is 0. The van der Waals surface area contributed by atoms with E-state index in [0.717, 1.165) is 5.66 Å². The zero-order chi connectivity index (χ0) is 14.9. The summed E-state index contributed by atoms with van der Waals surface area (Å²) < 4.78 is 0. The minimum Gasteiger partial charge on any atom is -0.0622 e. The predicted octanol–water partition coefficient (Wildman–Crippen LogP) is 5.44. The van der Waals surface area contributed by atoms with Gasteiger partial charge < -0.3 is 0 Å². The quantitative estimate of drug-likeness (QED) is 0.448. The molecule has 4 heteroatoms. The molecule has 3 rings (SSSR count). The van der Waals surface area contributed by atoms with Gasteiger partial charge in [-0.3, -0.25) is 0 Å². The molecule has 0 N–H and O–H groups in total. The first-order chi connectivity index (χ1) is 10.4. The zero-order valence-corrected chi connectivity index (χ0v) is 15.7. The van der Waals surface area contributed by atoms with Crippen LogP contribution in [0.25, 0.3) is 0 Å². The topological polar surface area (TPSA) is 0 Å². The number of halogens is 2. The van der Waals surface area contributed by atoms with E-state index < -0.39 is 0 Å². The van der Waals surface area contributed by atoms with Crippen LogP contribution in [0.4, 0.5) is 0 Å². The van der Waals surface area contributed by atoms with Crippen molar-refractivity contribution < 1.29 is 15.9 Å². The van der Waals surface area contributed by atoms with Gasteiger partial charge in [0.25, 0.3) is 0 Å². The minimum atomic E-state index is -0.152. The summed E-state index contributed by atoms with van der Waals surface area (Å²) in [6.07, 6.45) is 5.66. The van der Waals surface area contributed by atoms with Crippen molar-refractivity contribution in [1.29, 1.82) is 0 Å². The smallest absolute Gasteiger partial charge is 0.0129 e. The second-order valence-electron chi connectivity index (χ2n) is 5.02. The number of hydrogen-bond acceptors (Lipinski definition) is 0. The van der Waals surface area contributed by atoms with E-state index in [9.17, 15) is 0 Å². The molecule has 116 valence electrons. The average Bonchev–Trinajstić information content (AvgIpc) is 3.05. The molecular weight excluding hydrogens is 412 g/mol. The second kappa shape index (κ2) is 9.99. The third-order valence-corrected chi connectivity index (χ3v) is 6.71. The van der Waals surface area contributed by atoms with Crippen molar-refractivity contribution in [3.05, 3.63) is 60.7 Å². The van der Waals surface area contributed by atoms with Crippen LogP contribution in [0.1, 0.15) is 25.7 Å². The largest absolute Gasteiger partial charge is 0.0622 e. The Morgan fingerprint density at radius 2 is 1.14 bits per heavy atom. The number of benzene rings is 2. The molecule has 0 heterocycles. The molecule has 0 amide bonds. The predicted molar refractivity (Wildman–Crippen MR) is 93.0 cm³/mol. The van der Waals surface area contributed by atoms with E-state index in [1.807, 2.05) is 0 Å². The Morgan fingerprint density at radius 3 is 1.52 bits per heavy atom. The van der Waals surface area contributed by atoms with Crippen molar-refractivity contribution in [3.63, 3.8) is 0 Å². The van der Waals surface area contributed by atoms with Gasteiger partial charge >= 0.3 is 35.0 Å². The first-order valence-electron chi connectivity index (χ1n) is 7.08. The van der Waals surface area contributed by atoms with Crippen molar-refractivity contribution in [3.8, 4) is 0 Å². The molecule has 0 saturated heterocycles. The van der Waals surface area contributed by atoms with Crippen molar-refractivity contribution >= 4 is 37.6 Å². The van der Waals surface area contributed by atoms with E-state index in [4.69, 9.17) is 19.1 Å². The van der Waals surface area contributed by atoms with E-state index >= 15 is 0 Å². The van der Waals surface area contributed by atoms with Gasteiger partial charge in [-0.1, -0.05) is 73.5 Å². The fourth-order valence-electron chi connectivity index (χ4n) is 2.91. The van der Waals surface area contributed by atoms with E-state index in [1.165, 1.54) is 25.7 Å². The fourth-order valence-corrected chi connectivity index (χ4v) is 5.92. The third kappa shape index (κ3) is 5.35. The Morgan fingerprint density at radius 1 is 0.762 bits per heavy atom. The summed E-state index contributed by atoms with van der Waals surface area (Å²) in [5, 5.41) is 3.09. The summed E-state index contributed by atoms with van der Waals surface area (Å²) in [4.78, 5) is 0. The summed E-state index contributed by atoms with van der Waals surface area (Å²) in [6.45, 7) is 0. The molecule has 0 unspecified atom stereocenters. The van der Waals surface area contributed by atoms with Crippen LogP contribution in [0.5, 0.6) is 0 Å². The summed E-state index contributed by atoms with van der Waals surface area (Å²) in [6, 6.07) is 22.2. The SMILES string of the molecule is [Cl][Pd][Cl].c1ccc(P(c2ccccc2)C2CCCC2)cc1. The fraction of sp³-hybridized carbons (Fsp3) is 0.294. The van der Waals surface area contributed by atoms with Gasteiger partial charge in [0, 0.05) is 0 Å². The molecule has 0 bridgehead atoms. The minimum absolute atomic E-state index is 0.106. The Hall–Kier alpha value is 0.112. The van der Waals surface area contributed by atoms with E-state index in [2.05, 4.69) is 60.7 Å². The molecule has 0 radical (unpaired) electrons. The molecule has 0 nitrogen and oxygen atoms in total. The molecule has 1 aliphatic rings. The number of rotatable bonds is 3. The van der Waals surface area contributed by atoms with Crippen molar-refractivity contribution in [1.82, 2.24) is 0 Å². The standard InChI is InChI=1S/C17H19P.2ClH.Pd/c1-3-9-15(10-4-1)18(17-13-7-8-14-17)16-11-5-2-6-12-16;;;/h1-6,9-12,17H,7-8,13-14H2;2*1H;/q;;;+2/p-2. The van der Waals surface area contributed by atoms with Crippen molar-refractivity contribution in [2.24, 2.45) is 0 Å². The van der Waals surface area contributed by atoms with Gasteiger partial charge in [-0.25, -0.2) is 0 Å². The molecule has 0 spiro atoms. The van der Waals surface area contributed by atoms with Crippen LogP contribution < -0.4 is 10.6 Å². The second-order valence-corrected chi connectivity index (χ2v) is 9.89. The Balaban J connectivity index is 0.000000497. The maximum absolute atomic E-state index is 4.81. The molecule has 0 aromatic heterocycles. The van der Waals surface area contributed by atoms with E-state index in [-0.39, 0.29) is 23.9 Å². The van der Waals surface area contributed by atoms with E-state index in [1.54, 1.807) is 10.6 Å². The van der Waals surface area contributed by atoms with E-state index in [0.29, 0.717) is 0 Å². The monoisotopic (exact) mass is 430 g/mol. The van der Waals surface area contributed by atoms with Gasteiger partial charge in [0.05, 0.1) is 0 Å².